The van der Waals surface area contributed by atoms with Crippen molar-refractivity contribution in [2.75, 3.05) is 19.1 Å². The van der Waals surface area contributed by atoms with Crippen LogP contribution in [-0.2, 0) is 0 Å². The van der Waals surface area contributed by atoms with Gasteiger partial charge in [-0.1, -0.05) is 36.4 Å². The van der Waals surface area contributed by atoms with Gasteiger partial charge in [-0.25, -0.2) is 4.98 Å². The van der Waals surface area contributed by atoms with Gasteiger partial charge in [0.15, 0.2) is 0 Å². The summed E-state index contributed by atoms with van der Waals surface area (Å²) in [5.41, 5.74) is 6.88. The zero-order chi connectivity index (χ0) is 25.2. The highest BCUT2D eigenvalue weighted by molar-refractivity contribution is 6.03. The summed E-state index contributed by atoms with van der Waals surface area (Å²) in [7, 11) is 3.35. The molecule has 0 atom stereocenters. The number of rotatable bonds is 6. The van der Waals surface area contributed by atoms with Crippen LogP contribution >= 0.6 is 0 Å². The van der Waals surface area contributed by atoms with Gasteiger partial charge in [0.1, 0.15) is 11.5 Å². The Kier molecular flexibility index (Phi) is 5.87. The molecule has 2 aromatic heterocycles. The van der Waals surface area contributed by atoms with Crippen LogP contribution in [0.3, 0.4) is 0 Å². The van der Waals surface area contributed by atoms with Crippen molar-refractivity contribution < 1.29 is 9.47 Å². The number of methoxy groups -OCH3 is 2. The predicted octanol–water partition coefficient (Wildman–Crippen LogP) is 7.94. The molecule has 6 rings (SSSR count). The second-order valence-corrected chi connectivity index (χ2v) is 8.69. The second kappa shape index (κ2) is 9.63. The number of ether oxygens (including phenoxy) is 2. The van der Waals surface area contributed by atoms with Gasteiger partial charge in [0.05, 0.1) is 30.9 Å². The molecule has 0 spiro atoms. The Labute approximate surface area is 215 Å². The van der Waals surface area contributed by atoms with Crippen LogP contribution < -0.4 is 14.4 Å². The molecule has 0 fully saturated rings. The van der Waals surface area contributed by atoms with Gasteiger partial charge in [0, 0.05) is 39.6 Å². The fraction of sp³-hybridized carbons (Fsp3) is 0.0625. The van der Waals surface area contributed by atoms with Gasteiger partial charge in [-0.05, 0) is 72.8 Å². The van der Waals surface area contributed by atoms with E-state index in [9.17, 15) is 0 Å². The zero-order valence-corrected chi connectivity index (χ0v) is 20.6. The van der Waals surface area contributed by atoms with E-state index in [0.29, 0.717) is 0 Å². The zero-order valence-electron chi connectivity index (χ0n) is 20.6. The molecule has 6 aromatic rings. The maximum atomic E-state index is 5.37. The highest BCUT2D eigenvalue weighted by Crippen LogP contribution is 2.37. The van der Waals surface area contributed by atoms with Gasteiger partial charge in [-0.3, -0.25) is 4.98 Å². The molecule has 4 aromatic carbocycles. The monoisotopic (exact) mass is 483 g/mol. The number of aromatic nitrogens is 2. The molecule has 180 valence electrons. The van der Waals surface area contributed by atoms with Gasteiger partial charge in [-0.2, -0.15) is 0 Å². The van der Waals surface area contributed by atoms with Gasteiger partial charge < -0.3 is 14.4 Å². The molecule has 0 saturated carbocycles. The lowest BCUT2D eigenvalue weighted by molar-refractivity contribution is 0.415. The first-order valence-electron chi connectivity index (χ1n) is 12.1. The van der Waals surface area contributed by atoms with Crippen molar-refractivity contribution in [1.82, 2.24) is 9.97 Å². The van der Waals surface area contributed by atoms with Crippen molar-refractivity contribution in [3.05, 3.63) is 115 Å². The van der Waals surface area contributed by atoms with E-state index >= 15 is 0 Å². The summed E-state index contributed by atoms with van der Waals surface area (Å²) in [6.07, 6.45) is 1.82. The van der Waals surface area contributed by atoms with Crippen LogP contribution in [0, 0.1) is 0 Å². The third kappa shape index (κ3) is 4.32. The predicted molar refractivity (Wildman–Crippen MR) is 150 cm³/mol. The van der Waals surface area contributed by atoms with Gasteiger partial charge in [0.25, 0.3) is 0 Å². The molecule has 0 unspecified atom stereocenters. The number of benzene rings is 4. The smallest absolute Gasteiger partial charge is 0.119 e. The average molecular weight is 484 g/mol. The highest BCUT2D eigenvalue weighted by atomic mass is 16.5. The lowest BCUT2D eigenvalue weighted by Crippen LogP contribution is -2.09. The molecule has 0 saturated heterocycles. The Morgan fingerprint density at radius 3 is 1.62 bits per heavy atom. The Morgan fingerprint density at radius 2 is 1.05 bits per heavy atom. The number of anilines is 3. The normalized spacial score (nSPS) is 11.0. The topological polar surface area (TPSA) is 47.5 Å². The molecular formula is C32H25N3O2. The molecule has 0 aliphatic rings. The molecule has 0 aliphatic heterocycles. The first kappa shape index (κ1) is 22.6. The van der Waals surface area contributed by atoms with Crippen molar-refractivity contribution in [1.29, 1.82) is 0 Å². The molecule has 0 bridgehead atoms. The van der Waals surface area contributed by atoms with Gasteiger partial charge in [0.2, 0.25) is 0 Å². The largest absolute Gasteiger partial charge is 0.497 e. The fourth-order valence-electron chi connectivity index (χ4n) is 4.58. The Bertz CT molecular complexity index is 1630. The average Bonchev–Trinajstić information content (AvgIpc) is 2.98. The number of hydrogen-bond donors (Lipinski definition) is 0. The quantitative estimate of drug-likeness (QED) is 0.225. The molecule has 2 heterocycles. The summed E-state index contributed by atoms with van der Waals surface area (Å²) in [4.78, 5) is 11.8. The lowest BCUT2D eigenvalue weighted by Gasteiger charge is -2.26. The van der Waals surface area contributed by atoms with E-state index in [4.69, 9.17) is 14.5 Å². The lowest BCUT2D eigenvalue weighted by atomic mass is 10.1. The van der Waals surface area contributed by atoms with Crippen molar-refractivity contribution >= 4 is 38.9 Å². The summed E-state index contributed by atoms with van der Waals surface area (Å²) in [5, 5.41) is 2.17. The van der Waals surface area contributed by atoms with Crippen molar-refractivity contribution in [2.45, 2.75) is 0 Å². The van der Waals surface area contributed by atoms with Crippen LogP contribution in [0.2, 0.25) is 0 Å². The fourth-order valence-corrected chi connectivity index (χ4v) is 4.58. The highest BCUT2D eigenvalue weighted by Gasteiger charge is 2.14. The number of nitrogens with zero attached hydrogens (tertiary/aromatic N) is 3. The molecule has 0 amide bonds. The number of hydrogen-bond acceptors (Lipinski definition) is 5. The minimum atomic E-state index is 0.818. The van der Waals surface area contributed by atoms with Crippen LogP contribution in [0.15, 0.2) is 115 Å². The van der Waals surface area contributed by atoms with Gasteiger partial charge >= 0.3 is 0 Å². The summed E-state index contributed by atoms with van der Waals surface area (Å²) in [5.74, 6) is 1.64. The standard InChI is InChI=1S/C32H25N3O2/c1-36-28-16-12-26(13-17-28)35(27-14-18-29(37-2)19-15-27)25-10-7-22(8-11-25)30-20-9-24-6-5-23-4-3-21-33-31(23)32(24)34-30/h3-21H,1-2H3. The second-order valence-electron chi connectivity index (χ2n) is 8.69. The Morgan fingerprint density at radius 1 is 0.541 bits per heavy atom. The molecule has 5 nitrogen and oxygen atoms in total. The minimum Gasteiger partial charge on any atom is -0.497 e. The Balaban J connectivity index is 1.40. The van der Waals surface area contributed by atoms with Crippen LogP contribution in [0.1, 0.15) is 0 Å². The van der Waals surface area contributed by atoms with Crippen molar-refractivity contribution in [2.24, 2.45) is 0 Å². The van der Waals surface area contributed by atoms with E-state index < -0.39 is 0 Å². The van der Waals surface area contributed by atoms with Crippen molar-refractivity contribution in [3.63, 3.8) is 0 Å². The van der Waals surface area contributed by atoms with E-state index in [0.717, 1.165) is 61.6 Å². The molecule has 5 heteroatoms. The van der Waals surface area contributed by atoms with E-state index in [1.54, 1.807) is 14.2 Å². The van der Waals surface area contributed by atoms with E-state index in [2.05, 4.69) is 88.7 Å². The SMILES string of the molecule is COc1ccc(N(c2ccc(OC)cc2)c2ccc(-c3ccc4ccc5cccnc5c4n3)cc2)cc1. The number of fused-ring (bicyclic) bond motifs is 3. The summed E-state index contributed by atoms with van der Waals surface area (Å²) < 4.78 is 10.7. The van der Waals surface area contributed by atoms with Crippen LogP contribution in [0.4, 0.5) is 17.1 Å². The maximum absolute atomic E-state index is 5.37. The maximum Gasteiger partial charge on any atom is 0.119 e. The molecule has 0 N–H and O–H groups in total. The van der Waals surface area contributed by atoms with Crippen LogP contribution in [0.25, 0.3) is 33.1 Å². The van der Waals surface area contributed by atoms with Crippen LogP contribution in [-0.4, -0.2) is 24.2 Å². The molecule has 0 aliphatic carbocycles. The third-order valence-corrected chi connectivity index (χ3v) is 6.51. The summed E-state index contributed by atoms with van der Waals surface area (Å²) in [6.45, 7) is 0. The minimum absolute atomic E-state index is 0.818. The summed E-state index contributed by atoms with van der Waals surface area (Å²) in [6, 6.07) is 37.0. The first-order valence-corrected chi connectivity index (χ1v) is 12.1. The molecule has 0 radical (unpaired) electrons. The third-order valence-electron chi connectivity index (χ3n) is 6.51. The molecular weight excluding hydrogens is 458 g/mol. The Hall–Kier alpha value is -4.90. The van der Waals surface area contributed by atoms with E-state index in [1.807, 2.05) is 36.5 Å². The van der Waals surface area contributed by atoms with Gasteiger partial charge in [-0.15, -0.1) is 0 Å². The van der Waals surface area contributed by atoms with Crippen LogP contribution in [0.5, 0.6) is 11.5 Å². The van der Waals surface area contributed by atoms with E-state index in [1.165, 1.54) is 0 Å². The summed E-state index contributed by atoms with van der Waals surface area (Å²) >= 11 is 0. The van der Waals surface area contributed by atoms with Crippen molar-refractivity contribution in [3.8, 4) is 22.8 Å². The number of pyridine rings is 2. The molecule has 37 heavy (non-hydrogen) atoms. The van der Waals surface area contributed by atoms with E-state index in [-0.39, 0.29) is 0 Å². The first-order chi connectivity index (χ1) is 18.2.